The molecular formula is C18H24N2O. The summed E-state index contributed by atoms with van der Waals surface area (Å²) in [5, 5.41) is 1.11. The molecule has 1 saturated carbocycles. The number of ether oxygens (including phenoxy) is 1. The quantitative estimate of drug-likeness (QED) is 0.925. The van der Waals surface area contributed by atoms with Gasteiger partial charge < -0.3 is 10.5 Å². The van der Waals surface area contributed by atoms with E-state index in [-0.39, 0.29) is 0 Å². The SMILES string of the molecule is CC1(C)CCC(Oc2ccc3nc(CN)ccc3c2)CC1. The smallest absolute Gasteiger partial charge is 0.120 e. The lowest BCUT2D eigenvalue weighted by atomic mass is 9.76. The van der Waals surface area contributed by atoms with Crippen molar-refractivity contribution in [1.82, 2.24) is 4.98 Å². The van der Waals surface area contributed by atoms with Crippen LogP contribution >= 0.6 is 0 Å². The number of hydrogen-bond donors (Lipinski definition) is 1. The molecule has 0 aliphatic heterocycles. The van der Waals surface area contributed by atoms with E-state index < -0.39 is 0 Å². The van der Waals surface area contributed by atoms with Crippen LogP contribution in [0.15, 0.2) is 30.3 Å². The molecule has 2 N–H and O–H groups in total. The van der Waals surface area contributed by atoms with E-state index in [0.29, 0.717) is 18.1 Å². The first-order valence-corrected chi connectivity index (χ1v) is 7.82. The molecule has 2 aromatic rings. The fourth-order valence-electron chi connectivity index (χ4n) is 3.02. The molecule has 1 aliphatic rings. The van der Waals surface area contributed by atoms with Crippen molar-refractivity contribution in [3.63, 3.8) is 0 Å². The number of hydrogen-bond acceptors (Lipinski definition) is 3. The summed E-state index contributed by atoms with van der Waals surface area (Å²) in [4.78, 5) is 4.52. The van der Waals surface area contributed by atoms with Crippen molar-refractivity contribution in [1.29, 1.82) is 0 Å². The summed E-state index contributed by atoms with van der Waals surface area (Å²) in [6, 6.07) is 10.2. The van der Waals surface area contributed by atoms with Gasteiger partial charge in [-0.25, -0.2) is 0 Å². The molecule has 0 unspecified atom stereocenters. The van der Waals surface area contributed by atoms with Crippen LogP contribution in [0, 0.1) is 5.41 Å². The zero-order valence-electron chi connectivity index (χ0n) is 12.9. The molecular weight excluding hydrogens is 260 g/mol. The summed E-state index contributed by atoms with van der Waals surface area (Å²) in [5.41, 5.74) is 8.01. The minimum absolute atomic E-state index is 0.353. The number of nitrogens with two attached hydrogens (primary N) is 1. The van der Waals surface area contributed by atoms with Gasteiger partial charge in [-0.05, 0) is 55.4 Å². The number of fused-ring (bicyclic) bond motifs is 1. The summed E-state index contributed by atoms with van der Waals surface area (Å²) in [6.07, 6.45) is 5.14. The Hall–Kier alpha value is -1.61. The lowest BCUT2D eigenvalue weighted by Gasteiger charge is -2.34. The second-order valence-electron chi connectivity index (χ2n) is 6.84. The van der Waals surface area contributed by atoms with E-state index in [2.05, 4.69) is 31.0 Å². The van der Waals surface area contributed by atoms with Gasteiger partial charge in [0.2, 0.25) is 0 Å². The Bertz CT molecular complexity index is 626. The predicted octanol–water partition coefficient (Wildman–Crippen LogP) is 4.04. The van der Waals surface area contributed by atoms with Crippen LogP contribution in [-0.4, -0.2) is 11.1 Å². The molecule has 0 atom stereocenters. The van der Waals surface area contributed by atoms with Gasteiger partial charge in [-0.2, -0.15) is 0 Å². The van der Waals surface area contributed by atoms with Crippen molar-refractivity contribution in [3.8, 4) is 5.75 Å². The van der Waals surface area contributed by atoms with Crippen LogP contribution in [0.3, 0.4) is 0 Å². The number of aromatic nitrogens is 1. The van der Waals surface area contributed by atoms with E-state index in [0.717, 1.165) is 35.2 Å². The minimum atomic E-state index is 0.353. The average Bonchev–Trinajstić information content (AvgIpc) is 2.49. The summed E-state index contributed by atoms with van der Waals surface area (Å²) < 4.78 is 6.16. The maximum Gasteiger partial charge on any atom is 0.120 e. The van der Waals surface area contributed by atoms with E-state index in [1.165, 1.54) is 12.8 Å². The molecule has 0 spiro atoms. The predicted molar refractivity (Wildman–Crippen MR) is 86.3 cm³/mol. The zero-order chi connectivity index (χ0) is 14.9. The highest BCUT2D eigenvalue weighted by molar-refractivity contribution is 5.80. The van der Waals surface area contributed by atoms with Crippen molar-refractivity contribution in [2.45, 2.75) is 52.2 Å². The Morgan fingerprint density at radius 3 is 2.67 bits per heavy atom. The van der Waals surface area contributed by atoms with E-state index in [4.69, 9.17) is 10.5 Å². The largest absolute Gasteiger partial charge is 0.490 e. The van der Waals surface area contributed by atoms with Gasteiger partial charge in [0.05, 0.1) is 17.3 Å². The zero-order valence-corrected chi connectivity index (χ0v) is 12.9. The van der Waals surface area contributed by atoms with Crippen LogP contribution in [0.25, 0.3) is 10.9 Å². The van der Waals surface area contributed by atoms with Gasteiger partial charge in [0, 0.05) is 11.9 Å². The van der Waals surface area contributed by atoms with E-state index in [9.17, 15) is 0 Å². The third-order valence-corrected chi connectivity index (χ3v) is 4.52. The fraction of sp³-hybridized carbons (Fsp3) is 0.500. The van der Waals surface area contributed by atoms with Crippen molar-refractivity contribution < 1.29 is 4.74 Å². The molecule has 3 rings (SSSR count). The number of pyridine rings is 1. The Morgan fingerprint density at radius 2 is 1.95 bits per heavy atom. The first-order chi connectivity index (χ1) is 10.1. The van der Waals surface area contributed by atoms with Gasteiger partial charge in [0.15, 0.2) is 0 Å². The summed E-state index contributed by atoms with van der Waals surface area (Å²) >= 11 is 0. The highest BCUT2D eigenvalue weighted by Crippen LogP contribution is 2.36. The molecule has 0 amide bonds. The normalized spacial score (nSPS) is 18.8. The molecule has 1 aromatic carbocycles. The molecule has 0 saturated heterocycles. The highest BCUT2D eigenvalue weighted by Gasteiger charge is 2.27. The van der Waals surface area contributed by atoms with E-state index >= 15 is 0 Å². The van der Waals surface area contributed by atoms with Gasteiger partial charge in [-0.15, -0.1) is 0 Å². The maximum absolute atomic E-state index is 6.16. The number of nitrogens with zero attached hydrogens (tertiary/aromatic N) is 1. The monoisotopic (exact) mass is 284 g/mol. The topological polar surface area (TPSA) is 48.1 Å². The van der Waals surface area contributed by atoms with Crippen LogP contribution < -0.4 is 10.5 Å². The van der Waals surface area contributed by atoms with Crippen molar-refractivity contribution >= 4 is 10.9 Å². The Morgan fingerprint density at radius 1 is 1.19 bits per heavy atom. The summed E-state index contributed by atoms with van der Waals surface area (Å²) in [7, 11) is 0. The second kappa shape index (κ2) is 5.64. The maximum atomic E-state index is 6.16. The van der Waals surface area contributed by atoms with Crippen LogP contribution in [-0.2, 0) is 6.54 Å². The summed E-state index contributed by atoms with van der Waals surface area (Å²) in [6.45, 7) is 5.17. The molecule has 1 aliphatic carbocycles. The molecule has 112 valence electrons. The van der Waals surface area contributed by atoms with Crippen molar-refractivity contribution in [2.75, 3.05) is 0 Å². The van der Waals surface area contributed by atoms with E-state index in [1.807, 2.05) is 18.2 Å². The highest BCUT2D eigenvalue weighted by atomic mass is 16.5. The Labute approximate surface area is 126 Å². The molecule has 0 radical (unpaired) electrons. The third kappa shape index (κ3) is 3.35. The lowest BCUT2D eigenvalue weighted by molar-refractivity contribution is 0.0989. The third-order valence-electron chi connectivity index (χ3n) is 4.52. The molecule has 1 aromatic heterocycles. The molecule has 1 fully saturated rings. The van der Waals surface area contributed by atoms with Gasteiger partial charge in [0.25, 0.3) is 0 Å². The first kappa shape index (κ1) is 14.3. The van der Waals surface area contributed by atoms with Crippen LogP contribution in [0.5, 0.6) is 5.75 Å². The second-order valence-corrected chi connectivity index (χ2v) is 6.84. The molecule has 1 heterocycles. The van der Waals surface area contributed by atoms with Crippen LogP contribution in [0.2, 0.25) is 0 Å². The van der Waals surface area contributed by atoms with Gasteiger partial charge in [-0.1, -0.05) is 19.9 Å². The molecule has 0 bridgehead atoms. The molecule has 3 nitrogen and oxygen atoms in total. The van der Waals surface area contributed by atoms with Crippen molar-refractivity contribution in [2.24, 2.45) is 11.1 Å². The van der Waals surface area contributed by atoms with Gasteiger partial charge in [0.1, 0.15) is 5.75 Å². The molecule has 3 heteroatoms. The molecule has 21 heavy (non-hydrogen) atoms. The Kier molecular flexibility index (Phi) is 3.85. The van der Waals surface area contributed by atoms with Crippen molar-refractivity contribution in [3.05, 3.63) is 36.0 Å². The van der Waals surface area contributed by atoms with Crippen LogP contribution in [0.4, 0.5) is 0 Å². The lowest BCUT2D eigenvalue weighted by Crippen LogP contribution is -2.28. The standard InChI is InChI=1S/C18H24N2O/c1-18(2)9-7-15(8-10-18)21-16-5-6-17-13(11-16)3-4-14(12-19)20-17/h3-6,11,15H,7-10,12,19H2,1-2H3. The van der Waals surface area contributed by atoms with Crippen LogP contribution in [0.1, 0.15) is 45.2 Å². The fourth-order valence-corrected chi connectivity index (χ4v) is 3.02. The average molecular weight is 284 g/mol. The van der Waals surface area contributed by atoms with E-state index in [1.54, 1.807) is 0 Å². The minimum Gasteiger partial charge on any atom is -0.490 e. The first-order valence-electron chi connectivity index (χ1n) is 7.82. The summed E-state index contributed by atoms with van der Waals surface area (Å²) in [5.74, 6) is 0.953. The number of rotatable bonds is 3. The Balaban J connectivity index is 1.73. The van der Waals surface area contributed by atoms with Gasteiger partial charge in [-0.3, -0.25) is 4.98 Å². The van der Waals surface area contributed by atoms with Gasteiger partial charge >= 0.3 is 0 Å². The number of benzene rings is 1.